The largest absolute Gasteiger partial charge is 0.497 e. The Morgan fingerprint density at radius 2 is 1.97 bits per heavy atom. The van der Waals surface area contributed by atoms with Crippen molar-refractivity contribution >= 4 is 45.3 Å². The second kappa shape index (κ2) is 9.04. The lowest BCUT2D eigenvalue weighted by molar-refractivity contribution is -0.113. The molecule has 7 nitrogen and oxygen atoms in total. The summed E-state index contributed by atoms with van der Waals surface area (Å²) in [6.07, 6.45) is 0.750. The number of hydrogen-bond donors (Lipinski definition) is 1. The molecular formula is C23H23FN4O3S. The normalized spacial score (nSPS) is 11.2. The molecule has 0 saturated carbocycles. The molecule has 166 valence electrons. The van der Waals surface area contributed by atoms with Crippen molar-refractivity contribution in [2.45, 2.75) is 25.0 Å². The molecule has 1 amide bonds. The molecule has 0 saturated heterocycles. The molecule has 0 bridgehead atoms. The number of ether oxygens (including phenoxy) is 1. The Bertz CT molecular complexity index is 1360. The van der Waals surface area contributed by atoms with E-state index in [9.17, 15) is 14.0 Å². The van der Waals surface area contributed by atoms with Crippen LogP contribution < -0.4 is 15.6 Å². The van der Waals surface area contributed by atoms with Crippen LogP contribution in [0.2, 0.25) is 0 Å². The van der Waals surface area contributed by atoms with Crippen LogP contribution in [0.15, 0.2) is 52.4 Å². The monoisotopic (exact) mass is 454 g/mol. The zero-order valence-electron chi connectivity index (χ0n) is 18.0. The number of aromatic nitrogens is 3. The molecule has 2 heterocycles. The molecule has 4 aromatic rings. The second-order valence-corrected chi connectivity index (χ2v) is 8.28. The van der Waals surface area contributed by atoms with Gasteiger partial charge in [-0.3, -0.25) is 14.2 Å². The Labute approximate surface area is 188 Å². The van der Waals surface area contributed by atoms with Crippen molar-refractivity contribution in [3.63, 3.8) is 0 Å². The number of amides is 1. The van der Waals surface area contributed by atoms with E-state index in [2.05, 4.69) is 5.32 Å². The number of fused-ring (bicyclic) bond motifs is 3. The Morgan fingerprint density at radius 1 is 1.22 bits per heavy atom. The SMILES string of the molecule is CCCn1c(SCC(=O)Nc2ccc(F)cc2)nc2c3cc(OC)ccc3n(C)c2c1=O. The van der Waals surface area contributed by atoms with Crippen LogP contribution in [0, 0.1) is 5.82 Å². The van der Waals surface area contributed by atoms with E-state index in [4.69, 9.17) is 9.72 Å². The molecule has 0 atom stereocenters. The van der Waals surface area contributed by atoms with E-state index in [1.54, 1.807) is 11.7 Å². The van der Waals surface area contributed by atoms with Gasteiger partial charge in [0.2, 0.25) is 5.91 Å². The summed E-state index contributed by atoms with van der Waals surface area (Å²) in [5.41, 5.74) is 2.34. The second-order valence-electron chi connectivity index (χ2n) is 7.33. The van der Waals surface area contributed by atoms with Gasteiger partial charge in [0.1, 0.15) is 22.6 Å². The summed E-state index contributed by atoms with van der Waals surface area (Å²) in [6, 6.07) is 11.2. The molecule has 9 heteroatoms. The first kappa shape index (κ1) is 21.9. The van der Waals surface area contributed by atoms with Crippen molar-refractivity contribution in [3.8, 4) is 5.75 Å². The minimum absolute atomic E-state index is 0.0626. The van der Waals surface area contributed by atoms with Gasteiger partial charge in [-0.05, 0) is 48.9 Å². The maximum absolute atomic E-state index is 13.4. The van der Waals surface area contributed by atoms with E-state index in [0.29, 0.717) is 34.2 Å². The van der Waals surface area contributed by atoms with Gasteiger partial charge in [0.25, 0.3) is 5.56 Å². The highest BCUT2D eigenvalue weighted by Gasteiger charge is 2.19. The average molecular weight is 455 g/mol. The summed E-state index contributed by atoms with van der Waals surface area (Å²) in [6.45, 7) is 2.48. The number of anilines is 1. The predicted molar refractivity (Wildman–Crippen MR) is 125 cm³/mol. The summed E-state index contributed by atoms with van der Waals surface area (Å²) in [5, 5.41) is 4.03. The summed E-state index contributed by atoms with van der Waals surface area (Å²) in [4.78, 5) is 30.6. The molecule has 0 unspecified atom stereocenters. The number of halogens is 1. The van der Waals surface area contributed by atoms with Crippen molar-refractivity contribution in [2.24, 2.45) is 7.05 Å². The minimum atomic E-state index is -0.370. The Hall–Kier alpha value is -3.33. The highest BCUT2D eigenvalue weighted by atomic mass is 32.2. The number of benzene rings is 2. The molecule has 0 aliphatic rings. The van der Waals surface area contributed by atoms with E-state index in [0.717, 1.165) is 17.3 Å². The van der Waals surface area contributed by atoms with Gasteiger partial charge >= 0.3 is 0 Å². The fourth-order valence-electron chi connectivity index (χ4n) is 3.65. The molecule has 0 spiro atoms. The molecule has 4 rings (SSSR count). The number of rotatable bonds is 7. The van der Waals surface area contributed by atoms with E-state index < -0.39 is 0 Å². The van der Waals surface area contributed by atoms with Gasteiger partial charge < -0.3 is 14.6 Å². The Kier molecular flexibility index (Phi) is 6.18. The zero-order valence-corrected chi connectivity index (χ0v) is 18.8. The first-order valence-electron chi connectivity index (χ1n) is 10.2. The fourth-order valence-corrected chi connectivity index (χ4v) is 4.47. The van der Waals surface area contributed by atoms with Crippen LogP contribution in [0.25, 0.3) is 21.9 Å². The molecule has 1 N–H and O–H groups in total. The lowest BCUT2D eigenvalue weighted by atomic mass is 10.2. The third kappa shape index (κ3) is 4.08. The molecule has 0 radical (unpaired) electrons. The van der Waals surface area contributed by atoms with Crippen molar-refractivity contribution in [2.75, 3.05) is 18.2 Å². The highest BCUT2D eigenvalue weighted by molar-refractivity contribution is 7.99. The van der Waals surface area contributed by atoms with Crippen LogP contribution in [0.1, 0.15) is 13.3 Å². The van der Waals surface area contributed by atoms with Crippen LogP contribution in [-0.2, 0) is 18.4 Å². The average Bonchev–Trinajstić information content (AvgIpc) is 3.07. The lowest BCUT2D eigenvalue weighted by Crippen LogP contribution is -2.25. The predicted octanol–water partition coefficient (Wildman–Crippen LogP) is 4.18. The smallest absolute Gasteiger partial charge is 0.278 e. The molecule has 0 fully saturated rings. The molecule has 2 aromatic carbocycles. The number of nitrogens with one attached hydrogen (secondary N) is 1. The van der Waals surface area contributed by atoms with Crippen molar-refractivity contribution in [1.29, 1.82) is 0 Å². The van der Waals surface area contributed by atoms with Crippen LogP contribution in [0.5, 0.6) is 5.75 Å². The van der Waals surface area contributed by atoms with E-state index in [1.807, 2.05) is 36.7 Å². The van der Waals surface area contributed by atoms with Crippen LogP contribution in [0.4, 0.5) is 10.1 Å². The number of carbonyl (C=O) groups excluding carboxylic acids is 1. The van der Waals surface area contributed by atoms with Crippen molar-refractivity contribution in [1.82, 2.24) is 14.1 Å². The third-order valence-corrected chi connectivity index (χ3v) is 6.15. The van der Waals surface area contributed by atoms with Gasteiger partial charge in [0.15, 0.2) is 5.16 Å². The topological polar surface area (TPSA) is 78.2 Å². The highest BCUT2D eigenvalue weighted by Crippen LogP contribution is 2.30. The molecule has 0 aliphatic heterocycles. The van der Waals surface area contributed by atoms with Gasteiger partial charge in [0, 0.05) is 24.7 Å². The van der Waals surface area contributed by atoms with Gasteiger partial charge in [-0.2, -0.15) is 0 Å². The summed E-state index contributed by atoms with van der Waals surface area (Å²) < 4.78 is 21.9. The van der Waals surface area contributed by atoms with Crippen molar-refractivity contribution < 1.29 is 13.9 Å². The number of thioether (sulfide) groups is 1. The summed E-state index contributed by atoms with van der Waals surface area (Å²) in [5.74, 6) is 0.105. The maximum atomic E-state index is 13.4. The molecule has 2 aromatic heterocycles. The molecule has 0 aliphatic carbocycles. The maximum Gasteiger partial charge on any atom is 0.278 e. The zero-order chi connectivity index (χ0) is 22.8. The van der Waals surface area contributed by atoms with Crippen molar-refractivity contribution in [3.05, 3.63) is 58.6 Å². The van der Waals surface area contributed by atoms with Gasteiger partial charge in [0.05, 0.1) is 18.4 Å². The molecule has 32 heavy (non-hydrogen) atoms. The van der Waals surface area contributed by atoms with Gasteiger partial charge in [-0.15, -0.1) is 0 Å². The minimum Gasteiger partial charge on any atom is -0.497 e. The fraction of sp³-hybridized carbons (Fsp3) is 0.261. The summed E-state index contributed by atoms with van der Waals surface area (Å²) in [7, 11) is 3.44. The van der Waals surface area contributed by atoms with E-state index in [1.165, 1.54) is 36.0 Å². The van der Waals surface area contributed by atoms with Crippen LogP contribution in [-0.4, -0.2) is 32.9 Å². The number of aryl methyl sites for hydroxylation is 1. The lowest BCUT2D eigenvalue weighted by Gasteiger charge is -2.12. The van der Waals surface area contributed by atoms with E-state index in [-0.39, 0.29) is 23.0 Å². The first-order chi connectivity index (χ1) is 15.4. The van der Waals surface area contributed by atoms with Gasteiger partial charge in [-0.1, -0.05) is 18.7 Å². The Morgan fingerprint density at radius 3 is 2.66 bits per heavy atom. The van der Waals surface area contributed by atoms with Gasteiger partial charge in [-0.25, -0.2) is 9.37 Å². The number of methoxy groups -OCH3 is 1. The standard InChI is InChI=1S/C23H23FN4O3S/c1-4-11-28-22(30)21-20(17-12-16(31-3)9-10-18(17)27(21)2)26-23(28)32-13-19(29)25-15-7-5-14(24)6-8-15/h5-10,12H,4,11,13H2,1-3H3,(H,25,29). The number of carbonyl (C=O) groups is 1. The summed E-state index contributed by atoms with van der Waals surface area (Å²) >= 11 is 1.20. The Balaban J connectivity index is 1.71. The van der Waals surface area contributed by atoms with Crippen LogP contribution in [0.3, 0.4) is 0 Å². The number of nitrogens with zero attached hydrogens (tertiary/aromatic N) is 3. The third-order valence-electron chi connectivity index (χ3n) is 5.17. The van der Waals surface area contributed by atoms with Crippen LogP contribution >= 0.6 is 11.8 Å². The number of hydrogen-bond acceptors (Lipinski definition) is 5. The molecular weight excluding hydrogens is 431 g/mol. The first-order valence-corrected chi connectivity index (χ1v) is 11.2. The van der Waals surface area contributed by atoms with E-state index >= 15 is 0 Å². The quantitative estimate of drug-likeness (QED) is 0.335.